The Balaban J connectivity index is 0.000000343. The Bertz CT molecular complexity index is 1100. The Hall–Kier alpha value is -2.11. The lowest BCUT2D eigenvalue weighted by atomic mass is 10.1. The van der Waals surface area contributed by atoms with E-state index in [9.17, 15) is 26.3 Å². The third-order valence-electron chi connectivity index (χ3n) is 3.96. The van der Waals surface area contributed by atoms with Gasteiger partial charge < -0.3 is 4.55 Å². The molecule has 0 spiro atoms. The highest BCUT2D eigenvalue weighted by atomic mass is 32.2. The quantitative estimate of drug-likeness (QED) is 0.184. The summed E-state index contributed by atoms with van der Waals surface area (Å²) in [5, 5.41) is 0.767. The summed E-state index contributed by atoms with van der Waals surface area (Å²) >= 11 is 0. The Morgan fingerprint density at radius 1 is 0.933 bits per heavy atom. The third-order valence-corrected chi connectivity index (χ3v) is 6.58. The monoisotopic (exact) mass is 470 g/mol. The maximum Gasteiger partial charge on any atom is 0.601 e. The summed E-state index contributed by atoms with van der Waals surface area (Å²) in [6, 6.07) is 15.9. The number of hydrogen-bond acceptors (Lipinski definition) is 3. The van der Waals surface area contributed by atoms with Crippen LogP contribution in [0.1, 0.15) is 18.9 Å². The normalized spacial score (nSPS) is 13.1. The van der Waals surface area contributed by atoms with Gasteiger partial charge in [-0.15, -0.1) is 13.2 Å². The van der Waals surface area contributed by atoms with Crippen LogP contribution in [0.2, 0.25) is 0 Å². The average Bonchev–Trinajstić information content (AvgIpc) is 3.02. The van der Waals surface area contributed by atoms with E-state index in [-0.39, 0.29) is 0 Å². The van der Waals surface area contributed by atoms with Gasteiger partial charge in [-0.3, -0.25) is 0 Å². The summed E-state index contributed by atoms with van der Waals surface area (Å²) in [6.07, 6.45) is 1.72. The molecular formula is C19H16F6O3S2. The minimum absolute atomic E-state index is 0.381. The van der Waals surface area contributed by atoms with Crippen LogP contribution in [0.4, 0.5) is 26.3 Å². The van der Waals surface area contributed by atoms with Crippen molar-refractivity contribution in [3.05, 3.63) is 60.2 Å². The predicted molar refractivity (Wildman–Crippen MR) is 103 cm³/mol. The highest BCUT2D eigenvalue weighted by Gasteiger charge is 2.48. The zero-order valence-electron chi connectivity index (χ0n) is 15.4. The van der Waals surface area contributed by atoms with Crippen LogP contribution in [-0.2, 0) is 22.0 Å². The Labute approximate surface area is 171 Å². The molecule has 0 saturated carbocycles. The van der Waals surface area contributed by atoms with Crippen molar-refractivity contribution in [3.8, 4) is 10.4 Å². The summed E-state index contributed by atoms with van der Waals surface area (Å²) in [5.74, 6) is 0. The molecule has 1 heterocycles. The van der Waals surface area contributed by atoms with Gasteiger partial charge in [-0.05, 0) is 30.2 Å². The second-order valence-corrected chi connectivity index (χ2v) is 9.43. The number of halogens is 6. The second kappa shape index (κ2) is 8.94. The van der Waals surface area contributed by atoms with Gasteiger partial charge in [-0.25, -0.2) is 8.42 Å². The Morgan fingerprint density at radius 2 is 1.50 bits per heavy atom. The number of fused-ring (bicyclic) bond motifs is 1. The number of alkyl halides is 6. The van der Waals surface area contributed by atoms with E-state index in [4.69, 9.17) is 13.0 Å². The molecule has 0 amide bonds. The van der Waals surface area contributed by atoms with Crippen LogP contribution >= 0.6 is 10.5 Å². The van der Waals surface area contributed by atoms with Gasteiger partial charge in [0.1, 0.15) is 10.5 Å². The van der Waals surface area contributed by atoms with E-state index >= 15 is 0 Å². The van der Waals surface area contributed by atoms with Gasteiger partial charge in [0.15, 0.2) is 19.7 Å². The van der Waals surface area contributed by atoms with Crippen molar-refractivity contribution in [2.45, 2.75) is 30.8 Å². The van der Waals surface area contributed by atoms with E-state index in [0.717, 1.165) is 23.8 Å². The highest BCUT2D eigenvalue weighted by molar-refractivity contribution is 7.86. The molecule has 1 atom stereocenters. The number of benzene rings is 2. The van der Waals surface area contributed by atoms with Gasteiger partial charge >= 0.3 is 11.0 Å². The predicted octanol–water partition coefficient (Wildman–Crippen LogP) is 6.74. The van der Waals surface area contributed by atoms with Crippen molar-refractivity contribution in [1.82, 2.24) is 0 Å². The first-order valence-corrected chi connectivity index (χ1v) is 11.1. The standard InChI is InChI=1S/C18H16F3S.CHF3O3S/c1-2-7-13-10-6-11-16-15(13)12-17(22(16)18(19,20)21)14-8-4-3-5-9-14;2-1(3,4)8(5,6)7/h3-6,8-12H,2,7H2,1H3;(H,5,6,7)/q+1;/p-1. The van der Waals surface area contributed by atoms with Gasteiger partial charge in [0.2, 0.25) is 0 Å². The lowest BCUT2D eigenvalue weighted by Crippen LogP contribution is -2.21. The van der Waals surface area contributed by atoms with Gasteiger partial charge in [-0.2, -0.15) is 13.2 Å². The van der Waals surface area contributed by atoms with Crippen LogP contribution in [0.15, 0.2) is 54.6 Å². The summed E-state index contributed by atoms with van der Waals surface area (Å²) in [7, 11) is -7.95. The van der Waals surface area contributed by atoms with Gasteiger partial charge in [0.05, 0.1) is 0 Å². The van der Waals surface area contributed by atoms with E-state index in [1.807, 2.05) is 19.1 Å². The molecule has 1 aromatic heterocycles. The molecule has 3 aromatic rings. The van der Waals surface area contributed by atoms with Crippen molar-refractivity contribution in [3.63, 3.8) is 0 Å². The van der Waals surface area contributed by atoms with Gasteiger partial charge in [-0.1, -0.05) is 43.7 Å². The SMILES string of the molecule is CCCc1cccc2c1cc(-c1ccccc1)[s+]2C(F)(F)F.O=S(=O)([O-])C(F)(F)F. The van der Waals surface area contributed by atoms with Crippen molar-refractivity contribution >= 4 is 30.7 Å². The van der Waals surface area contributed by atoms with E-state index in [2.05, 4.69) is 0 Å². The zero-order chi connectivity index (χ0) is 22.7. The molecule has 0 saturated heterocycles. The van der Waals surface area contributed by atoms with Crippen LogP contribution in [0.25, 0.3) is 20.5 Å². The van der Waals surface area contributed by atoms with E-state index in [1.54, 1.807) is 42.5 Å². The molecule has 11 heteroatoms. The van der Waals surface area contributed by atoms with Gasteiger partial charge in [0.25, 0.3) is 0 Å². The summed E-state index contributed by atoms with van der Waals surface area (Å²) < 4.78 is 100. The molecule has 30 heavy (non-hydrogen) atoms. The number of aryl methyl sites for hydroxylation is 1. The van der Waals surface area contributed by atoms with Crippen LogP contribution in [0, 0.1) is 0 Å². The van der Waals surface area contributed by atoms with E-state index in [0.29, 0.717) is 15.1 Å². The van der Waals surface area contributed by atoms with Crippen molar-refractivity contribution in [2.24, 2.45) is 0 Å². The van der Waals surface area contributed by atoms with Crippen molar-refractivity contribution in [1.29, 1.82) is 0 Å². The van der Waals surface area contributed by atoms with E-state index in [1.165, 1.54) is 0 Å². The molecule has 3 rings (SSSR count). The van der Waals surface area contributed by atoms with Gasteiger partial charge in [0, 0.05) is 17.0 Å². The maximum atomic E-state index is 13.7. The van der Waals surface area contributed by atoms with Crippen molar-refractivity contribution in [2.75, 3.05) is 0 Å². The fourth-order valence-corrected chi connectivity index (χ4v) is 4.75. The Kier molecular flexibility index (Phi) is 7.20. The molecule has 0 fully saturated rings. The molecule has 0 N–H and O–H groups in total. The minimum Gasteiger partial charge on any atom is -0.741 e. The maximum absolute atomic E-state index is 13.7. The molecular weight excluding hydrogens is 454 g/mol. The summed E-state index contributed by atoms with van der Waals surface area (Å²) in [6.45, 7) is 2.04. The summed E-state index contributed by atoms with van der Waals surface area (Å²) in [4.78, 5) is 0.381. The van der Waals surface area contributed by atoms with Crippen molar-refractivity contribution < 1.29 is 39.3 Å². The second-order valence-electron chi connectivity index (χ2n) is 6.11. The lowest BCUT2D eigenvalue weighted by Gasteiger charge is -2.08. The van der Waals surface area contributed by atoms with Crippen LogP contribution < -0.4 is 0 Å². The number of rotatable bonds is 3. The first-order valence-electron chi connectivity index (χ1n) is 8.49. The highest BCUT2D eigenvalue weighted by Crippen LogP contribution is 2.55. The minimum atomic E-state index is -6.09. The molecule has 1 unspecified atom stereocenters. The first kappa shape index (κ1) is 24.2. The molecule has 164 valence electrons. The molecule has 0 aliphatic rings. The molecule has 0 aliphatic carbocycles. The van der Waals surface area contributed by atoms with Crippen LogP contribution in [-0.4, -0.2) is 18.5 Å². The number of thiophene rings is 1. The zero-order valence-corrected chi connectivity index (χ0v) is 17.1. The lowest BCUT2D eigenvalue weighted by molar-refractivity contribution is -0.0864. The largest absolute Gasteiger partial charge is 0.741 e. The molecule has 0 bridgehead atoms. The molecule has 0 radical (unpaired) electrons. The van der Waals surface area contributed by atoms with E-state index < -0.39 is 31.6 Å². The smallest absolute Gasteiger partial charge is 0.601 e. The topological polar surface area (TPSA) is 57.2 Å². The van der Waals surface area contributed by atoms with Crippen LogP contribution in [0.3, 0.4) is 0 Å². The molecule has 2 aromatic carbocycles. The van der Waals surface area contributed by atoms with Crippen LogP contribution in [0.5, 0.6) is 0 Å². The summed E-state index contributed by atoms with van der Waals surface area (Å²) in [5.41, 5.74) is -8.24. The fourth-order valence-electron chi connectivity index (χ4n) is 2.78. The fraction of sp³-hybridized carbons (Fsp3) is 0.263. The molecule has 0 aliphatic heterocycles. The third kappa shape index (κ3) is 5.52. The average molecular weight is 470 g/mol. The molecule has 3 nitrogen and oxygen atoms in total. The first-order chi connectivity index (χ1) is 13.8. The Morgan fingerprint density at radius 3 is 1.97 bits per heavy atom. The number of hydrogen-bond donors (Lipinski definition) is 0.